The highest BCUT2D eigenvalue weighted by atomic mass is 32.1. The molecule has 17 heavy (non-hydrogen) atoms. The van der Waals surface area contributed by atoms with Gasteiger partial charge in [0.25, 0.3) is 0 Å². The summed E-state index contributed by atoms with van der Waals surface area (Å²) in [5.74, 6) is 0.636. The van der Waals surface area contributed by atoms with E-state index < -0.39 is 0 Å². The van der Waals surface area contributed by atoms with Crippen LogP contribution in [0, 0.1) is 11.3 Å². The van der Waals surface area contributed by atoms with Gasteiger partial charge in [-0.25, -0.2) is 0 Å². The molecular weight excluding hydrogens is 225 g/mol. The molecule has 0 saturated heterocycles. The lowest BCUT2D eigenvalue weighted by Crippen LogP contribution is -2.06. The van der Waals surface area contributed by atoms with E-state index in [1.807, 2.05) is 12.1 Å². The zero-order chi connectivity index (χ0) is 11.8. The lowest BCUT2D eigenvalue weighted by Gasteiger charge is -2.10. The van der Waals surface area contributed by atoms with Crippen molar-refractivity contribution in [1.29, 1.82) is 5.26 Å². The Kier molecular flexibility index (Phi) is 2.68. The average Bonchev–Trinajstić information content (AvgIpc) is 2.93. The van der Waals surface area contributed by atoms with Crippen molar-refractivity contribution in [1.82, 2.24) is 0 Å². The summed E-state index contributed by atoms with van der Waals surface area (Å²) in [7, 11) is 6.16. The predicted molar refractivity (Wildman–Crippen MR) is 73.1 cm³/mol. The predicted octanol–water partition coefficient (Wildman–Crippen LogP) is 3.22. The Bertz CT molecular complexity index is 602. The van der Waals surface area contributed by atoms with Crippen molar-refractivity contribution in [2.24, 2.45) is 0 Å². The Morgan fingerprint density at radius 1 is 1.29 bits per heavy atom. The quantitative estimate of drug-likeness (QED) is 0.698. The van der Waals surface area contributed by atoms with Crippen molar-refractivity contribution in [2.45, 2.75) is 31.6 Å². The molecule has 3 heteroatoms. The van der Waals surface area contributed by atoms with Crippen molar-refractivity contribution < 1.29 is 0 Å². The van der Waals surface area contributed by atoms with Gasteiger partial charge in [0.1, 0.15) is 7.85 Å². The van der Waals surface area contributed by atoms with Gasteiger partial charge in [-0.15, -0.1) is 0 Å². The van der Waals surface area contributed by atoms with Crippen LogP contribution in [-0.2, 0) is 0 Å². The van der Waals surface area contributed by atoms with Crippen LogP contribution in [0.2, 0.25) is 0 Å². The highest BCUT2D eigenvalue weighted by Crippen LogP contribution is 2.38. The molecule has 0 unspecified atom stereocenters. The fourth-order valence-corrected chi connectivity index (χ4v) is 3.94. The van der Waals surface area contributed by atoms with Crippen molar-refractivity contribution >= 4 is 34.0 Å². The van der Waals surface area contributed by atoms with Crippen LogP contribution in [0.4, 0.5) is 0 Å². The molecule has 2 aromatic rings. The van der Waals surface area contributed by atoms with Gasteiger partial charge >= 0.3 is 0 Å². The zero-order valence-corrected chi connectivity index (χ0v) is 10.4. The molecule has 1 aliphatic carbocycles. The number of hydrogen-bond acceptors (Lipinski definition) is 2. The summed E-state index contributed by atoms with van der Waals surface area (Å²) < 4.78 is 2.10. The standard InChI is InChI=1S/C14H12BNS/c15-14-13(10-3-1-2-4-10)11-6-5-9(8-16)7-12(11)17-14/h5-7,10H,1-4H2. The van der Waals surface area contributed by atoms with Gasteiger partial charge in [0.05, 0.1) is 11.6 Å². The second kappa shape index (κ2) is 4.20. The van der Waals surface area contributed by atoms with Crippen molar-refractivity contribution in [3.8, 4) is 6.07 Å². The minimum atomic E-state index is 0.636. The molecule has 0 N–H and O–H groups in total. The third-order valence-electron chi connectivity index (χ3n) is 3.65. The van der Waals surface area contributed by atoms with Crippen LogP contribution in [0.5, 0.6) is 0 Å². The van der Waals surface area contributed by atoms with Gasteiger partial charge in [-0.3, -0.25) is 0 Å². The van der Waals surface area contributed by atoms with Crippen LogP contribution >= 0.6 is 11.3 Å². The molecule has 1 nitrogen and oxygen atoms in total. The minimum absolute atomic E-state index is 0.636. The summed E-state index contributed by atoms with van der Waals surface area (Å²) in [4.78, 5) is 0. The first kappa shape index (κ1) is 10.9. The van der Waals surface area contributed by atoms with Crippen LogP contribution in [0.25, 0.3) is 10.1 Å². The SMILES string of the molecule is [B]c1sc2cc(C#N)ccc2c1C1CCCC1. The molecule has 1 aromatic heterocycles. The molecule has 0 atom stereocenters. The van der Waals surface area contributed by atoms with Gasteiger partial charge in [0.2, 0.25) is 0 Å². The maximum Gasteiger partial charge on any atom is 0.129 e. The van der Waals surface area contributed by atoms with E-state index in [1.165, 1.54) is 36.6 Å². The van der Waals surface area contributed by atoms with Crippen LogP contribution in [0.1, 0.15) is 42.7 Å². The third-order valence-corrected chi connectivity index (χ3v) is 4.65. The van der Waals surface area contributed by atoms with E-state index in [0.717, 1.165) is 15.0 Å². The molecule has 1 aliphatic rings. The van der Waals surface area contributed by atoms with Crippen LogP contribution in [0.15, 0.2) is 18.2 Å². The van der Waals surface area contributed by atoms with Crippen molar-refractivity contribution in [3.63, 3.8) is 0 Å². The van der Waals surface area contributed by atoms with E-state index in [1.54, 1.807) is 11.3 Å². The highest BCUT2D eigenvalue weighted by molar-refractivity contribution is 7.26. The van der Waals surface area contributed by atoms with Crippen molar-refractivity contribution in [2.75, 3.05) is 0 Å². The minimum Gasteiger partial charge on any atom is -0.192 e. The van der Waals surface area contributed by atoms with Gasteiger partial charge in [-0.2, -0.15) is 16.6 Å². The second-order valence-corrected chi connectivity index (χ2v) is 5.77. The van der Waals surface area contributed by atoms with Gasteiger partial charge in [-0.05, 0) is 46.6 Å². The molecule has 0 spiro atoms. The molecule has 3 rings (SSSR count). The van der Waals surface area contributed by atoms with E-state index in [9.17, 15) is 0 Å². The molecule has 1 fully saturated rings. The Labute approximate surface area is 106 Å². The summed E-state index contributed by atoms with van der Waals surface area (Å²) in [6.07, 6.45) is 5.15. The van der Waals surface area contributed by atoms with Gasteiger partial charge in [0, 0.05) is 4.70 Å². The first-order chi connectivity index (χ1) is 8.29. The lowest BCUT2D eigenvalue weighted by molar-refractivity contribution is 0.735. The summed E-state index contributed by atoms with van der Waals surface area (Å²) in [5, 5.41) is 10.2. The van der Waals surface area contributed by atoms with Gasteiger partial charge < -0.3 is 0 Å². The number of nitriles is 1. The average molecular weight is 237 g/mol. The molecule has 0 aliphatic heterocycles. The number of fused-ring (bicyclic) bond motifs is 1. The number of thiophene rings is 1. The van der Waals surface area contributed by atoms with E-state index in [0.29, 0.717) is 5.92 Å². The first-order valence-corrected chi connectivity index (χ1v) is 6.83. The van der Waals surface area contributed by atoms with E-state index in [4.69, 9.17) is 13.1 Å². The van der Waals surface area contributed by atoms with E-state index in [2.05, 4.69) is 12.1 Å². The van der Waals surface area contributed by atoms with Crippen molar-refractivity contribution in [3.05, 3.63) is 29.3 Å². The number of nitrogens with zero attached hydrogens (tertiary/aromatic N) is 1. The number of rotatable bonds is 1. The Hall–Kier alpha value is -1.27. The lowest BCUT2D eigenvalue weighted by atomic mass is 9.88. The van der Waals surface area contributed by atoms with E-state index in [-0.39, 0.29) is 0 Å². The smallest absolute Gasteiger partial charge is 0.129 e. The topological polar surface area (TPSA) is 23.8 Å². The summed E-state index contributed by atoms with van der Waals surface area (Å²) in [5.41, 5.74) is 2.06. The molecule has 0 amide bonds. The fraction of sp³-hybridized carbons (Fsp3) is 0.357. The fourth-order valence-electron chi connectivity index (χ4n) is 2.84. The maximum atomic E-state index is 8.91. The molecule has 1 heterocycles. The molecule has 1 saturated carbocycles. The van der Waals surface area contributed by atoms with Crippen LogP contribution in [-0.4, -0.2) is 7.85 Å². The van der Waals surface area contributed by atoms with Crippen LogP contribution < -0.4 is 4.78 Å². The first-order valence-electron chi connectivity index (χ1n) is 6.01. The van der Waals surface area contributed by atoms with Crippen LogP contribution in [0.3, 0.4) is 0 Å². The molecule has 2 radical (unpaired) electrons. The largest absolute Gasteiger partial charge is 0.192 e. The molecule has 82 valence electrons. The van der Waals surface area contributed by atoms with Gasteiger partial charge in [-0.1, -0.05) is 18.9 Å². The zero-order valence-electron chi connectivity index (χ0n) is 9.57. The third kappa shape index (κ3) is 1.77. The molecule has 1 aromatic carbocycles. The summed E-state index contributed by atoms with van der Waals surface area (Å²) >= 11 is 1.62. The second-order valence-electron chi connectivity index (χ2n) is 4.68. The highest BCUT2D eigenvalue weighted by Gasteiger charge is 2.22. The molecular formula is C14H12BNS. The Balaban J connectivity index is 2.18. The summed E-state index contributed by atoms with van der Waals surface area (Å²) in [6.45, 7) is 0. The Morgan fingerprint density at radius 3 is 2.76 bits per heavy atom. The monoisotopic (exact) mass is 237 g/mol. The molecule has 0 bridgehead atoms. The maximum absolute atomic E-state index is 8.91. The normalized spacial score (nSPS) is 16.4. The number of benzene rings is 1. The van der Waals surface area contributed by atoms with E-state index >= 15 is 0 Å². The van der Waals surface area contributed by atoms with Gasteiger partial charge in [0.15, 0.2) is 0 Å². The Morgan fingerprint density at radius 2 is 2.06 bits per heavy atom. The number of hydrogen-bond donors (Lipinski definition) is 0. The summed E-state index contributed by atoms with van der Waals surface area (Å²) in [6, 6.07) is 8.10.